The lowest BCUT2D eigenvalue weighted by Gasteiger charge is -2.30. The van der Waals surface area contributed by atoms with E-state index in [1.54, 1.807) is 19.2 Å². The van der Waals surface area contributed by atoms with Crippen LogP contribution in [-0.4, -0.2) is 84.9 Å². The Bertz CT molecular complexity index is 920. The summed E-state index contributed by atoms with van der Waals surface area (Å²) in [6.07, 6.45) is 4.08. The Morgan fingerprint density at radius 2 is 2.10 bits per heavy atom. The zero-order valence-electron chi connectivity index (χ0n) is 18.1. The molecule has 0 unspecified atom stereocenters. The average molecular weight is 455 g/mol. The lowest BCUT2D eigenvalue weighted by atomic mass is 9.84. The maximum Gasteiger partial charge on any atom is 0.226 e. The van der Waals surface area contributed by atoms with Crippen LogP contribution in [0.5, 0.6) is 5.88 Å². The number of anilines is 1. The Kier molecular flexibility index (Phi) is 6.21. The molecule has 3 saturated heterocycles. The highest BCUT2D eigenvalue weighted by molar-refractivity contribution is 7.88. The van der Waals surface area contributed by atoms with Crippen molar-refractivity contribution in [3.63, 3.8) is 0 Å². The van der Waals surface area contributed by atoms with Crippen LogP contribution >= 0.6 is 0 Å². The number of ether oxygens (including phenoxy) is 3. The van der Waals surface area contributed by atoms with Crippen LogP contribution < -0.4 is 10.1 Å². The minimum absolute atomic E-state index is 0.0176. The molecule has 4 heterocycles. The number of carbonyl (C=O) groups excluding carboxylic acids is 1. The summed E-state index contributed by atoms with van der Waals surface area (Å²) in [5.74, 6) is 1.00. The molecule has 1 N–H and O–H groups in total. The number of fused-ring (bicyclic) bond motifs is 1. The van der Waals surface area contributed by atoms with Gasteiger partial charge in [0.15, 0.2) is 6.10 Å². The lowest BCUT2D eigenvalue weighted by molar-refractivity contribution is -0.120. The molecule has 0 aliphatic carbocycles. The van der Waals surface area contributed by atoms with Crippen LogP contribution in [0, 0.1) is 5.92 Å². The molecule has 0 bridgehead atoms. The number of hydrogen-bond donors (Lipinski definition) is 1. The Labute approximate surface area is 182 Å². The molecule has 0 spiro atoms. The van der Waals surface area contributed by atoms with Gasteiger partial charge in [-0.25, -0.2) is 17.7 Å². The minimum Gasteiger partial charge on any atom is -0.469 e. The first-order chi connectivity index (χ1) is 14.6. The van der Waals surface area contributed by atoms with Gasteiger partial charge in [0.05, 0.1) is 19.5 Å². The molecule has 11 heteroatoms. The van der Waals surface area contributed by atoms with Gasteiger partial charge in [0.2, 0.25) is 21.9 Å². The fourth-order valence-corrected chi connectivity index (χ4v) is 5.53. The third-order valence-corrected chi connectivity index (χ3v) is 7.74. The summed E-state index contributed by atoms with van der Waals surface area (Å²) >= 11 is 0. The zero-order valence-corrected chi connectivity index (χ0v) is 18.9. The third-order valence-electron chi connectivity index (χ3n) is 6.44. The number of nitrogens with one attached hydrogen (secondary N) is 1. The summed E-state index contributed by atoms with van der Waals surface area (Å²) in [7, 11) is -3.15. The van der Waals surface area contributed by atoms with Gasteiger partial charge in [-0.3, -0.25) is 0 Å². The van der Waals surface area contributed by atoms with Crippen LogP contribution in [0.2, 0.25) is 0 Å². The van der Waals surface area contributed by atoms with Crippen LogP contribution in [-0.2, 0) is 24.3 Å². The van der Waals surface area contributed by atoms with E-state index in [0.29, 0.717) is 57.4 Å². The summed E-state index contributed by atoms with van der Waals surface area (Å²) in [6, 6.07) is 1.78. The molecule has 172 valence electrons. The maximum absolute atomic E-state index is 11.7. The standard InChI is InChI=1S/C20H30N4O6S/c1-13(25)10-14-11-28-18-16(12-29-20(14,18)2)30-17-4-7-21-19(23-17)22-15-5-8-24(9-6-15)31(3,26)27/h4,7,14-16,18H,5-6,8-12H2,1-3H3,(H,21,22,23)/t14-,16-,18+,20+/m0/s1. The number of nitrogens with zero attached hydrogens (tertiary/aromatic N) is 3. The Morgan fingerprint density at radius 3 is 2.77 bits per heavy atom. The second-order valence-corrected chi connectivity index (χ2v) is 10.8. The van der Waals surface area contributed by atoms with E-state index in [1.165, 1.54) is 10.6 Å². The highest BCUT2D eigenvalue weighted by Gasteiger charge is 2.58. The predicted molar refractivity (Wildman–Crippen MR) is 112 cm³/mol. The van der Waals surface area contributed by atoms with E-state index in [1.807, 2.05) is 6.92 Å². The Balaban J connectivity index is 1.35. The molecule has 0 radical (unpaired) electrons. The fourth-order valence-electron chi connectivity index (χ4n) is 4.66. The van der Waals surface area contributed by atoms with Crippen LogP contribution in [0.15, 0.2) is 12.3 Å². The SMILES string of the molecule is CC(=O)C[C@H]1CO[C@@H]2[C@@H](Oc3ccnc(NC4CCN(S(C)(=O)=O)CC4)n3)CO[C@]12C. The summed E-state index contributed by atoms with van der Waals surface area (Å²) in [5, 5.41) is 3.28. The second-order valence-electron chi connectivity index (χ2n) is 8.81. The molecule has 3 aliphatic heterocycles. The van der Waals surface area contributed by atoms with Crippen LogP contribution in [0.3, 0.4) is 0 Å². The second kappa shape index (κ2) is 8.61. The van der Waals surface area contributed by atoms with E-state index >= 15 is 0 Å². The van der Waals surface area contributed by atoms with Crippen molar-refractivity contribution in [2.45, 2.75) is 57.0 Å². The normalized spacial score (nSPS) is 32.0. The lowest BCUT2D eigenvalue weighted by Crippen LogP contribution is -2.43. The number of ketones is 1. The summed E-state index contributed by atoms with van der Waals surface area (Å²) in [4.78, 5) is 20.3. The van der Waals surface area contributed by atoms with Crippen molar-refractivity contribution in [3.8, 4) is 5.88 Å². The number of carbonyl (C=O) groups is 1. The van der Waals surface area contributed by atoms with Gasteiger partial charge in [-0.2, -0.15) is 4.98 Å². The highest BCUT2D eigenvalue weighted by Crippen LogP contribution is 2.43. The number of aromatic nitrogens is 2. The molecule has 3 fully saturated rings. The van der Waals surface area contributed by atoms with Crippen LogP contribution in [0.4, 0.5) is 5.95 Å². The summed E-state index contributed by atoms with van der Waals surface area (Å²) < 4.78 is 42.9. The number of sulfonamides is 1. The van der Waals surface area contributed by atoms with Gasteiger partial charge < -0.3 is 24.3 Å². The van der Waals surface area contributed by atoms with Gasteiger partial charge in [0.25, 0.3) is 0 Å². The molecular weight excluding hydrogens is 424 g/mol. The molecule has 0 aromatic carbocycles. The van der Waals surface area contributed by atoms with Gasteiger partial charge in [0, 0.05) is 43.7 Å². The molecule has 0 saturated carbocycles. The molecule has 10 nitrogen and oxygen atoms in total. The average Bonchev–Trinajstić information content (AvgIpc) is 3.18. The number of hydrogen-bond acceptors (Lipinski definition) is 9. The van der Waals surface area contributed by atoms with Crippen molar-refractivity contribution in [2.75, 3.05) is 37.9 Å². The smallest absolute Gasteiger partial charge is 0.226 e. The molecule has 4 atom stereocenters. The largest absolute Gasteiger partial charge is 0.469 e. The van der Waals surface area contributed by atoms with Crippen LogP contribution in [0.1, 0.15) is 33.1 Å². The first kappa shape index (κ1) is 22.4. The fraction of sp³-hybridized carbons (Fsp3) is 0.750. The van der Waals surface area contributed by atoms with Crippen molar-refractivity contribution in [3.05, 3.63) is 12.3 Å². The number of rotatable bonds is 7. The van der Waals surface area contributed by atoms with Crippen molar-refractivity contribution >= 4 is 21.8 Å². The third kappa shape index (κ3) is 4.84. The van der Waals surface area contributed by atoms with Crippen molar-refractivity contribution in [1.29, 1.82) is 0 Å². The molecular formula is C20H30N4O6S. The highest BCUT2D eigenvalue weighted by atomic mass is 32.2. The van der Waals surface area contributed by atoms with E-state index in [4.69, 9.17) is 14.2 Å². The summed E-state index contributed by atoms with van der Waals surface area (Å²) in [6.45, 7) is 5.36. The Morgan fingerprint density at radius 1 is 1.35 bits per heavy atom. The van der Waals surface area contributed by atoms with E-state index in [2.05, 4.69) is 15.3 Å². The van der Waals surface area contributed by atoms with Gasteiger partial charge in [-0.15, -0.1) is 0 Å². The van der Waals surface area contributed by atoms with Gasteiger partial charge >= 0.3 is 0 Å². The van der Waals surface area contributed by atoms with Crippen molar-refractivity contribution < 1.29 is 27.4 Å². The topological polar surface area (TPSA) is 120 Å². The van der Waals surface area contributed by atoms with Crippen LogP contribution in [0.25, 0.3) is 0 Å². The monoisotopic (exact) mass is 454 g/mol. The van der Waals surface area contributed by atoms with E-state index in [-0.39, 0.29) is 30.0 Å². The molecule has 1 aromatic heterocycles. The molecule has 3 aliphatic rings. The first-order valence-corrected chi connectivity index (χ1v) is 12.5. The zero-order chi connectivity index (χ0) is 22.2. The minimum atomic E-state index is -3.15. The Hall–Kier alpha value is -1.82. The quantitative estimate of drug-likeness (QED) is 0.639. The van der Waals surface area contributed by atoms with E-state index in [0.717, 1.165) is 0 Å². The summed E-state index contributed by atoms with van der Waals surface area (Å²) in [5.41, 5.74) is -0.544. The van der Waals surface area contributed by atoms with Crippen molar-refractivity contribution in [2.24, 2.45) is 5.92 Å². The van der Waals surface area contributed by atoms with Crippen molar-refractivity contribution in [1.82, 2.24) is 14.3 Å². The van der Waals surface area contributed by atoms with Gasteiger partial charge in [-0.05, 0) is 26.7 Å². The molecule has 31 heavy (non-hydrogen) atoms. The van der Waals surface area contributed by atoms with E-state index < -0.39 is 15.6 Å². The van der Waals surface area contributed by atoms with Gasteiger partial charge in [0.1, 0.15) is 17.5 Å². The first-order valence-electron chi connectivity index (χ1n) is 10.6. The van der Waals surface area contributed by atoms with Gasteiger partial charge in [-0.1, -0.05) is 0 Å². The number of piperidine rings is 1. The maximum atomic E-state index is 11.7. The predicted octanol–water partition coefficient (Wildman–Crippen LogP) is 0.843. The van der Waals surface area contributed by atoms with E-state index in [9.17, 15) is 13.2 Å². The molecule has 4 rings (SSSR count). The molecule has 1 aromatic rings. The molecule has 0 amide bonds. The number of Topliss-reactive ketones (excluding diaryl/α,β-unsaturated/α-hetero) is 1.